The van der Waals surface area contributed by atoms with Crippen LogP contribution in [0.3, 0.4) is 0 Å². The maximum atomic E-state index is 5.68. The van der Waals surface area contributed by atoms with E-state index in [2.05, 4.69) is 34.3 Å². The second-order valence-electron chi connectivity index (χ2n) is 5.39. The highest BCUT2D eigenvalue weighted by atomic mass is 16.5. The molecule has 0 radical (unpaired) electrons. The molecule has 1 aliphatic heterocycles. The lowest BCUT2D eigenvalue weighted by Crippen LogP contribution is -2.21. The highest BCUT2D eigenvalue weighted by Crippen LogP contribution is 2.27. The van der Waals surface area contributed by atoms with Gasteiger partial charge in [0.15, 0.2) is 0 Å². The average Bonchev–Trinajstić information content (AvgIpc) is 3.03. The van der Waals surface area contributed by atoms with Gasteiger partial charge in [0.1, 0.15) is 0 Å². The summed E-state index contributed by atoms with van der Waals surface area (Å²) in [5.74, 6) is 2.08. The van der Waals surface area contributed by atoms with Gasteiger partial charge >= 0.3 is 6.01 Å². The van der Waals surface area contributed by atoms with Crippen molar-refractivity contribution < 1.29 is 9.15 Å². The van der Waals surface area contributed by atoms with E-state index in [-0.39, 0.29) is 0 Å². The molecule has 1 unspecified atom stereocenters. The van der Waals surface area contributed by atoms with Gasteiger partial charge < -0.3 is 19.4 Å². The largest absolute Gasteiger partial charge is 0.407 e. The fourth-order valence-corrected chi connectivity index (χ4v) is 2.32. The van der Waals surface area contributed by atoms with Crippen molar-refractivity contribution in [3.8, 4) is 0 Å². The van der Waals surface area contributed by atoms with Crippen LogP contribution in [0.2, 0.25) is 0 Å². The molecule has 6 heteroatoms. The molecular formula is C13H24N4O2. The molecule has 6 nitrogen and oxygen atoms in total. The summed E-state index contributed by atoms with van der Waals surface area (Å²) in [7, 11) is 1.69. The third-order valence-corrected chi connectivity index (χ3v) is 3.65. The fraction of sp³-hybridized carbons (Fsp3) is 0.846. The fourth-order valence-electron chi connectivity index (χ4n) is 2.32. The van der Waals surface area contributed by atoms with Crippen molar-refractivity contribution in [3.63, 3.8) is 0 Å². The van der Waals surface area contributed by atoms with Gasteiger partial charge in [0.05, 0.1) is 13.2 Å². The summed E-state index contributed by atoms with van der Waals surface area (Å²) in [5.41, 5.74) is 0. The topological polar surface area (TPSA) is 63.4 Å². The molecule has 0 bridgehead atoms. The first-order chi connectivity index (χ1) is 9.20. The molecule has 0 aromatic carbocycles. The summed E-state index contributed by atoms with van der Waals surface area (Å²) in [6, 6.07) is 0.659. The number of hydrogen-bond donors (Lipinski definition) is 1. The maximum Gasteiger partial charge on any atom is 0.318 e. The smallest absolute Gasteiger partial charge is 0.318 e. The lowest BCUT2D eigenvalue weighted by atomic mass is 9.95. The molecule has 1 aromatic heterocycles. The molecule has 2 rings (SSSR count). The Balaban J connectivity index is 1.81. The minimum atomic E-state index is 0.595. The second-order valence-corrected chi connectivity index (χ2v) is 5.39. The van der Waals surface area contributed by atoms with Crippen LogP contribution in [0.25, 0.3) is 0 Å². The number of anilines is 1. The number of aromatic nitrogens is 2. The molecule has 19 heavy (non-hydrogen) atoms. The van der Waals surface area contributed by atoms with E-state index in [1.54, 1.807) is 7.11 Å². The van der Waals surface area contributed by atoms with E-state index in [0.717, 1.165) is 25.6 Å². The standard InChI is InChI=1S/C13H24N4O2/c1-10(2)11-4-6-17(9-11)13-16-15-12(19-13)8-14-5-7-18-3/h10-11,14H,4-9H2,1-3H3. The Hall–Kier alpha value is -1.14. The molecule has 1 N–H and O–H groups in total. The summed E-state index contributed by atoms with van der Waals surface area (Å²) < 4.78 is 10.6. The van der Waals surface area contributed by atoms with Gasteiger partial charge in [-0.25, -0.2) is 0 Å². The normalized spacial score (nSPS) is 19.6. The van der Waals surface area contributed by atoms with Gasteiger partial charge in [-0.2, -0.15) is 0 Å². The van der Waals surface area contributed by atoms with Gasteiger partial charge in [0, 0.05) is 26.7 Å². The molecule has 0 spiro atoms. The van der Waals surface area contributed by atoms with Crippen molar-refractivity contribution in [1.82, 2.24) is 15.5 Å². The Labute approximate surface area is 114 Å². The highest BCUT2D eigenvalue weighted by molar-refractivity contribution is 5.26. The van der Waals surface area contributed by atoms with Crippen molar-refractivity contribution in [2.24, 2.45) is 11.8 Å². The number of methoxy groups -OCH3 is 1. The Morgan fingerprint density at radius 2 is 2.32 bits per heavy atom. The molecular weight excluding hydrogens is 244 g/mol. The minimum Gasteiger partial charge on any atom is -0.407 e. The first-order valence-electron chi connectivity index (χ1n) is 6.97. The van der Waals surface area contributed by atoms with Crippen LogP contribution in [0.15, 0.2) is 4.42 Å². The summed E-state index contributed by atoms with van der Waals surface area (Å²) in [6.07, 6.45) is 1.21. The molecule has 2 heterocycles. The van der Waals surface area contributed by atoms with E-state index >= 15 is 0 Å². The number of hydrogen-bond acceptors (Lipinski definition) is 6. The van der Waals surface area contributed by atoms with Gasteiger partial charge in [-0.3, -0.25) is 0 Å². The van der Waals surface area contributed by atoms with E-state index in [1.807, 2.05) is 0 Å². The van der Waals surface area contributed by atoms with Gasteiger partial charge in [-0.15, -0.1) is 5.10 Å². The second kappa shape index (κ2) is 6.86. The number of ether oxygens (including phenoxy) is 1. The first kappa shape index (κ1) is 14.3. The van der Waals surface area contributed by atoms with Gasteiger partial charge in [-0.1, -0.05) is 18.9 Å². The highest BCUT2D eigenvalue weighted by Gasteiger charge is 2.27. The molecule has 0 aliphatic carbocycles. The van der Waals surface area contributed by atoms with Gasteiger partial charge in [-0.05, 0) is 18.3 Å². The molecule has 1 fully saturated rings. The van der Waals surface area contributed by atoms with Crippen molar-refractivity contribution in [2.45, 2.75) is 26.8 Å². The Bertz CT molecular complexity index is 380. The first-order valence-corrected chi connectivity index (χ1v) is 6.97. The average molecular weight is 268 g/mol. The molecule has 108 valence electrons. The van der Waals surface area contributed by atoms with Crippen LogP contribution in [-0.2, 0) is 11.3 Å². The lowest BCUT2D eigenvalue weighted by Gasteiger charge is -2.15. The predicted octanol–water partition coefficient (Wildman–Crippen LogP) is 1.29. The molecule has 1 aromatic rings. The number of nitrogens with one attached hydrogen (secondary N) is 1. The van der Waals surface area contributed by atoms with Crippen molar-refractivity contribution >= 4 is 6.01 Å². The zero-order valence-electron chi connectivity index (χ0n) is 12.1. The Morgan fingerprint density at radius 1 is 1.47 bits per heavy atom. The quantitative estimate of drug-likeness (QED) is 0.752. The van der Waals surface area contributed by atoms with Crippen molar-refractivity contribution in [1.29, 1.82) is 0 Å². The van der Waals surface area contributed by atoms with E-state index in [9.17, 15) is 0 Å². The van der Waals surface area contributed by atoms with Crippen LogP contribution in [-0.4, -0.2) is 43.5 Å². The van der Waals surface area contributed by atoms with E-state index in [0.29, 0.717) is 31.0 Å². The summed E-state index contributed by atoms with van der Waals surface area (Å²) in [6.45, 7) is 8.65. The minimum absolute atomic E-state index is 0.595. The van der Waals surface area contributed by atoms with Gasteiger partial charge in [0.2, 0.25) is 5.89 Å². The van der Waals surface area contributed by atoms with Crippen LogP contribution in [0.4, 0.5) is 6.01 Å². The summed E-state index contributed by atoms with van der Waals surface area (Å²) in [5, 5.41) is 11.4. The van der Waals surface area contributed by atoms with Crippen LogP contribution in [0, 0.1) is 11.8 Å². The van der Waals surface area contributed by atoms with Gasteiger partial charge in [0.25, 0.3) is 0 Å². The van der Waals surface area contributed by atoms with Crippen molar-refractivity contribution in [3.05, 3.63) is 5.89 Å². The van der Waals surface area contributed by atoms with Crippen LogP contribution in [0.1, 0.15) is 26.2 Å². The molecule has 1 atom stereocenters. The van der Waals surface area contributed by atoms with E-state index in [4.69, 9.17) is 9.15 Å². The Kier molecular flexibility index (Phi) is 5.15. The van der Waals surface area contributed by atoms with E-state index < -0.39 is 0 Å². The van der Waals surface area contributed by atoms with Crippen LogP contribution in [0.5, 0.6) is 0 Å². The number of nitrogens with zero attached hydrogens (tertiary/aromatic N) is 3. The van der Waals surface area contributed by atoms with Crippen LogP contribution < -0.4 is 10.2 Å². The van der Waals surface area contributed by atoms with Crippen LogP contribution >= 0.6 is 0 Å². The summed E-state index contributed by atoms with van der Waals surface area (Å²) in [4.78, 5) is 2.19. The summed E-state index contributed by atoms with van der Waals surface area (Å²) >= 11 is 0. The zero-order valence-corrected chi connectivity index (χ0v) is 12.1. The molecule has 1 saturated heterocycles. The van der Waals surface area contributed by atoms with E-state index in [1.165, 1.54) is 6.42 Å². The monoisotopic (exact) mass is 268 g/mol. The maximum absolute atomic E-state index is 5.68. The SMILES string of the molecule is COCCNCc1nnc(N2CCC(C(C)C)C2)o1. The predicted molar refractivity (Wildman–Crippen MR) is 73.0 cm³/mol. The molecule has 1 aliphatic rings. The molecule has 0 amide bonds. The Morgan fingerprint density at radius 3 is 3.00 bits per heavy atom. The number of rotatable bonds is 7. The lowest BCUT2D eigenvalue weighted by molar-refractivity contribution is 0.198. The third kappa shape index (κ3) is 3.91. The third-order valence-electron chi connectivity index (χ3n) is 3.65. The van der Waals surface area contributed by atoms with Crippen molar-refractivity contribution in [2.75, 3.05) is 38.3 Å². The zero-order chi connectivity index (χ0) is 13.7. The molecule has 0 saturated carbocycles.